The minimum atomic E-state index is -3.19. The summed E-state index contributed by atoms with van der Waals surface area (Å²) in [6, 6.07) is 7.97. The molecule has 0 fully saturated rings. The lowest BCUT2D eigenvalue weighted by Crippen LogP contribution is -2.29. The number of amides is 1. The molecule has 1 amide bonds. The van der Waals surface area contributed by atoms with Gasteiger partial charge in [-0.25, -0.2) is 13.1 Å². The lowest BCUT2D eigenvalue weighted by molar-refractivity contribution is -0.116. The average Bonchev–Trinajstić information content (AvgIpc) is 2.52. The van der Waals surface area contributed by atoms with Crippen LogP contribution in [0.4, 0.5) is 5.69 Å². The Morgan fingerprint density at radius 3 is 2.36 bits per heavy atom. The molecule has 1 aromatic carbocycles. The third-order valence-corrected chi connectivity index (χ3v) is 5.51. The summed E-state index contributed by atoms with van der Waals surface area (Å²) in [6.07, 6.45) is 5.12. The number of sulfonamides is 1. The smallest absolute Gasteiger partial charge is 0.224 e. The van der Waals surface area contributed by atoms with Crippen molar-refractivity contribution in [2.24, 2.45) is 5.92 Å². The van der Waals surface area contributed by atoms with Crippen molar-refractivity contribution in [2.45, 2.75) is 59.3 Å². The largest absolute Gasteiger partial charge is 0.326 e. The Hall–Kier alpha value is -1.40. The van der Waals surface area contributed by atoms with Gasteiger partial charge in [0.2, 0.25) is 15.9 Å². The van der Waals surface area contributed by atoms with Crippen LogP contribution in [0.1, 0.15) is 58.4 Å². The van der Waals surface area contributed by atoms with Gasteiger partial charge in [0, 0.05) is 18.7 Å². The molecule has 2 N–H and O–H groups in total. The normalized spacial score (nSPS) is 11.7. The zero-order chi connectivity index (χ0) is 18.7. The topological polar surface area (TPSA) is 75.3 Å². The molecule has 1 aromatic rings. The van der Waals surface area contributed by atoms with E-state index in [1.165, 1.54) is 18.4 Å². The number of unbranched alkanes of at least 4 members (excludes halogenated alkanes) is 2. The average molecular weight is 369 g/mol. The molecule has 0 radical (unpaired) electrons. The Labute approximate surface area is 152 Å². The monoisotopic (exact) mass is 368 g/mol. The van der Waals surface area contributed by atoms with Gasteiger partial charge < -0.3 is 5.32 Å². The first kappa shape index (κ1) is 21.6. The quantitative estimate of drug-likeness (QED) is 0.552. The highest BCUT2D eigenvalue weighted by Crippen LogP contribution is 2.12. The van der Waals surface area contributed by atoms with Crippen LogP contribution in [-0.4, -0.2) is 26.6 Å². The van der Waals surface area contributed by atoms with Crippen molar-refractivity contribution >= 4 is 21.6 Å². The van der Waals surface area contributed by atoms with Crippen LogP contribution in [0.2, 0.25) is 0 Å². The molecule has 0 spiro atoms. The minimum Gasteiger partial charge on any atom is -0.326 e. The van der Waals surface area contributed by atoms with E-state index in [9.17, 15) is 13.2 Å². The molecular weight excluding hydrogens is 336 g/mol. The molecule has 0 aliphatic heterocycles. The van der Waals surface area contributed by atoms with Crippen molar-refractivity contribution in [3.63, 3.8) is 0 Å². The third-order valence-electron chi connectivity index (χ3n) is 3.76. The predicted octanol–water partition coefficient (Wildman–Crippen LogP) is 3.71. The van der Waals surface area contributed by atoms with Gasteiger partial charge in [-0.15, -0.1) is 0 Å². The first-order valence-electron chi connectivity index (χ1n) is 9.18. The number of aryl methyl sites for hydroxylation is 1. The van der Waals surface area contributed by atoms with Gasteiger partial charge in [-0.05, 0) is 49.3 Å². The first-order valence-corrected chi connectivity index (χ1v) is 10.8. The number of anilines is 1. The van der Waals surface area contributed by atoms with Crippen molar-refractivity contribution in [1.82, 2.24) is 4.72 Å². The molecule has 5 nitrogen and oxygen atoms in total. The number of hydrogen-bond donors (Lipinski definition) is 2. The van der Waals surface area contributed by atoms with Crippen molar-refractivity contribution in [2.75, 3.05) is 17.6 Å². The van der Waals surface area contributed by atoms with E-state index >= 15 is 0 Å². The molecule has 0 atom stereocenters. The lowest BCUT2D eigenvalue weighted by atomic mass is 10.1. The van der Waals surface area contributed by atoms with Crippen LogP contribution in [0.5, 0.6) is 0 Å². The van der Waals surface area contributed by atoms with Crippen molar-refractivity contribution in [1.29, 1.82) is 0 Å². The summed E-state index contributed by atoms with van der Waals surface area (Å²) in [4.78, 5) is 11.9. The Morgan fingerprint density at radius 2 is 1.76 bits per heavy atom. The number of nitrogens with one attached hydrogen (secondary N) is 2. The summed E-state index contributed by atoms with van der Waals surface area (Å²) < 4.78 is 25.9. The lowest BCUT2D eigenvalue weighted by Gasteiger charge is -2.09. The molecule has 1 rings (SSSR count). The van der Waals surface area contributed by atoms with E-state index in [2.05, 4.69) is 29.1 Å². The van der Waals surface area contributed by atoms with Gasteiger partial charge in [0.05, 0.1) is 5.75 Å². The fourth-order valence-corrected chi connectivity index (χ4v) is 3.95. The second-order valence-corrected chi connectivity index (χ2v) is 8.73. The van der Waals surface area contributed by atoms with E-state index in [0.29, 0.717) is 25.8 Å². The van der Waals surface area contributed by atoms with Crippen LogP contribution in [0, 0.1) is 5.92 Å². The minimum absolute atomic E-state index is 0.0358. The predicted molar refractivity (Wildman–Crippen MR) is 104 cm³/mol. The second-order valence-electron chi connectivity index (χ2n) is 6.88. The maximum Gasteiger partial charge on any atom is 0.224 e. The summed E-state index contributed by atoms with van der Waals surface area (Å²) in [5.74, 6) is 0.213. The molecule has 0 aliphatic carbocycles. The van der Waals surface area contributed by atoms with Crippen molar-refractivity contribution < 1.29 is 13.2 Å². The number of carbonyl (C=O) groups is 1. The molecular formula is C19H32N2O3S. The number of hydrogen-bond acceptors (Lipinski definition) is 3. The highest BCUT2D eigenvalue weighted by atomic mass is 32.2. The molecule has 0 saturated carbocycles. The molecule has 0 aromatic heterocycles. The summed E-state index contributed by atoms with van der Waals surface area (Å²) >= 11 is 0. The molecule has 142 valence electrons. The summed E-state index contributed by atoms with van der Waals surface area (Å²) in [7, 11) is -3.19. The molecule has 0 heterocycles. The highest BCUT2D eigenvalue weighted by Gasteiger charge is 2.11. The summed E-state index contributed by atoms with van der Waals surface area (Å²) in [5, 5.41) is 2.88. The molecule has 0 saturated heterocycles. The van der Waals surface area contributed by atoms with Gasteiger partial charge in [-0.3, -0.25) is 4.79 Å². The van der Waals surface area contributed by atoms with Crippen molar-refractivity contribution in [3.05, 3.63) is 29.8 Å². The van der Waals surface area contributed by atoms with Gasteiger partial charge in [0.25, 0.3) is 0 Å². The fourth-order valence-electron chi connectivity index (χ4n) is 2.50. The van der Waals surface area contributed by atoms with Crippen LogP contribution < -0.4 is 10.0 Å². The Kier molecular flexibility index (Phi) is 9.75. The van der Waals surface area contributed by atoms with Gasteiger partial charge in [0.1, 0.15) is 0 Å². The van der Waals surface area contributed by atoms with Gasteiger partial charge >= 0.3 is 0 Å². The highest BCUT2D eigenvalue weighted by molar-refractivity contribution is 7.89. The Bertz CT molecular complexity index is 610. The van der Waals surface area contributed by atoms with Crippen LogP contribution >= 0.6 is 0 Å². The number of benzene rings is 1. The molecule has 6 heteroatoms. The van der Waals surface area contributed by atoms with Crippen LogP contribution in [-0.2, 0) is 21.2 Å². The standard InChI is InChI=1S/C19H32N2O3S/c1-4-5-8-17-10-12-18(13-11-17)21-19(22)9-6-7-14-20-25(23,24)15-16(2)3/h10-13,16,20H,4-9,14-15H2,1-3H3,(H,21,22). The zero-order valence-corrected chi connectivity index (χ0v) is 16.5. The van der Waals surface area contributed by atoms with Gasteiger partial charge in [0.15, 0.2) is 0 Å². The first-order chi connectivity index (χ1) is 11.8. The maximum atomic E-state index is 11.9. The van der Waals surface area contributed by atoms with E-state index in [1.54, 1.807) is 0 Å². The fraction of sp³-hybridized carbons (Fsp3) is 0.632. The van der Waals surface area contributed by atoms with E-state index in [0.717, 1.165) is 12.1 Å². The SMILES string of the molecule is CCCCc1ccc(NC(=O)CCCCNS(=O)(=O)CC(C)C)cc1. The third kappa shape index (κ3) is 10.2. The van der Waals surface area contributed by atoms with Crippen LogP contribution in [0.15, 0.2) is 24.3 Å². The number of rotatable bonds is 12. The molecule has 0 bridgehead atoms. The van der Waals surface area contributed by atoms with Gasteiger partial charge in [-0.1, -0.05) is 39.3 Å². The summed E-state index contributed by atoms with van der Waals surface area (Å²) in [5.41, 5.74) is 2.09. The number of carbonyl (C=O) groups excluding carboxylic acids is 1. The Balaban J connectivity index is 2.22. The van der Waals surface area contributed by atoms with Crippen molar-refractivity contribution in [3.8, 4) is 0 Å². The maximum absolute atomic E-state index is 11.9. The van der Waals surface area contributed by atoms with Crippen LogP contribution in [0.25, 0.3) is 0 Å². The summed E-state index contributed by atoms with van der Waals surface area (Å²) in [6.45, 7) is 6.30. The Morgan fingerprint density at radius 1 is 1.08 bits per heavy atom. The molecule has 0 unspecified atom stereocenters. The van der Waals surface area contributed by atoms with Crippen LogP contribution in [0.3, 0.4) is 0 Å². The second kappa shape index (κ2) is 11.3. The van der Waals surface area contributed by atoms with E-state index in [-0.39, 0.29) is 17.6 Å². The van der Waals surface area contributed by atoms with Gasteiger partial charge in [-0.2, -0.15) is 0 Å². The molecule has 0 aliphatic rings. The van der Waals surface area contributed by atoms with E-state index < -0.39 is 10.0 Å². The molecule has 25 heavy (non-hydrogen) atoms. The van der Waals surface area contributed by atoms with E-state index in [1.807, 2.05) is 26.0 Å². The zero-order valence-electron chi connectivity index (χ0n) is 15.7. The van der Waals surface area contributed by atoms with E-state index in [4.69, 9.17) is 0 Å².